The summed E-state index contributed by atoms with van der Waals surface area (Å²) in [7, 11) is 0. The first-order valence-corrected chi connectivity index (χ1v) is 17.0. The van der Waals surface area contributed by atoms with Gasteiger partial charge < -0.3 is 0 Å². The second kappa shape index (κ2) is 13.4. The van der Waals surface area contributed by atoms with Gasteiger partial charge in [0, 0.05) is 35.6 Å². The molecule has 7 nitrogen and oxygen atoms in total. The average molecular weight is 708 g/mol. The number of ketones is 1. The summed E-state index contributed by atoms with van der Waals surface area (Å²) >= 11 is 0. The number of para-hydroxylation sites is 1. The molecule has 3 atom stereocenters. The van der Waals surface area contributed by atoms with Gasteiger partial charge in [-0.1, -0.05) is 32.4 Å². The fourth-order valence-corrected chi connectivity index (χ4v) is 7.42. The number of benzene rings is 2. The predicted octanol–water partition coefficient (Wildman–Crippen LogP) is 8.68. The number of fused-ring (bicyclic) bond motifs is 4. The fourth-order valence-electron chi connectivity index (χ4n) is 7.42. The Balaban J connectivity index is 1.16. The summed E-state index contributed by atoms with van der Waals surface area (Å²) in [5.74, 6) is -7.03. The van der Waals surface area contributed by atoms with Crippen molar-refractivity contribution in [2.45, 2.75) is 89.0 Å². The molecule has 1 saturated carbocycles. The normalized spacial score (nSPS) is 18.0. The highest BCUT2D eigenvalue weighted by Gasteiger charge is 2.67. The highest BCUT2D eigenvalue weighted by molar-refractivity contribution is 5.78. The molecule has 2 aromatic carbocycles. The molecule has 0 N–H and O–H groups in total. The Bertz CT molecular complexity index is 2160. The van der Waals surface area contributed by atoms with Gasteiger partial charge in [-0.25, -0.2) is 22.5 Å². The lowest BCUT2D eigenvalue weighted by Crippen LogP contribution is -2.27. The molecule has 2 aliphatic carbocycles. The largest absolute Gasteiger partial charge is 0.298 e. The third kappa shape index (κ3) is 6.58. The number of Topliss-reactive ketones (excluding diaryl/α,β-unsaturated/α-hetero) is 1. The van der Waals surface area contributed by atoms with E-state index in [9.17, 15) is 35.9 Å². The molecule has 13 heteroatoms. The van der Waals surface area contributed by atoms with E-state index in [2.05, 4.69) is 10.1 Å². The van der Waals surface area contributed by atoms with Crippen LogP contribution in [0.1, 0.15) is 104 Å². The zero-order valence-corrected chi connectivity index (χ0v) is 27.9. The molecule has 0 aliphatic heterocycles. The van der Waals surface area contributed by atoms with Crippen LogP contribution in [0, 0.1) is 17.6 Å². The summed E-state index contributed by atoms with van der Waals surface area (Å²) in [6.07, 6.45) is -0.228. The lowest BCUT2D eigenvalue weighted by molar-refractivity contribution is -0.120. The third-order valence-corrected chi connectivity index (χ3v) is 9.94. The summed E-state index contributed by atoms with van der Waals surface area (Å²) in [5.41, 5.74) is 0.356. The maximum atomic E-state index is 15.0. The van der Waals surface area contributed by atoms with Crippen LogP contribution in [0.3, 0.4) is 0 Å². The number of hydrogen-bond acceptors (Lipinski definition) is 5. The van der Waals surface area contributed by atoms with Crippen LogP contribution in [-0.2, 0) is 23.7 Å². The monoisotopic (exact) mass is 707 g/mol. The van der Waals surface area contributed by atoms with Gasteiger partial charge in [0.15, 0.2) is 5.78 Å². The van der Waals surface area contributed by atoms with Gasteiger partial charge in [0.05, 0.1) is 22.8 Å². The number of unbranched alkanes of at least 4 members (excludes halogenated alkanes) is 1. The maximum Gasteiger partial charge on any atom is 0.293 e. The minimum atomic E-state index is -3.32. The molecule has 0 amide bonds. The van der Waals surface area contributed by atoms with E-state index in [1.165, 1.54) is 16.7 Å². The smallest absolute Gasteiger partial charge is 0.293 e. The van der Waals surface area contributed by atoms with Crippen molar-refractivity contribution >= 4 is 16.7 Å². The number of nitrogens with zero attached hydrogens (tertiary/aromatic N) is 5. The lowest BCUT2D eigenvalue weighted by atomic mass is 9.91. The van der Waals surface area contributed by atoms with E-state index in [1.54, 1.807) is 36.5 Å². The van der Waals surface area contributed by atoms with Crippen LogP contribution < -0.4 is 5.56 Å². The van der Waals surface area contributed by atoms with Crippen LogP contribution in [0.5, 0.6) is 0 Å². The first-order valence-electron chi connectivity index (χ1n) is 17.0. The molecule has 0 spiro atoms. The topological polar surface area (TPSA) is 82.7 Å². The summed E-state index contributed by atoms with van der Waals surface area (Å²) in [4.78, 5) is 36.5. The second-order valence-corrected chi connectivity index (χ2v) is 13.9. The molecule has 51 heavy (non-hydrogen) atoms. The van der Waals surface area contributed by atoms with E-state index in [0.717, 1.165) is 16.4 Å². The van der Waals surface area contributed by atoms with E-state index in [-0.39, 0.29) is 36.3 Å². The Morgan fingerprint density at radius 1 is 1.02 bits per heavy atom. The summed E-state index contributed by atoms with van der Waals surface area (Å²) in [5, 5.41) is 4.12. The van der Waals surface area contributed by atoms with Crippen molar-refractivity contribution in [2.75, 3.05) is 0 Å². The number of pyridine rings is 1. The molecular weight excluding hydrogens is 672 g/mol. The Morgan fingerprint density at radius 3 is 2.45 bits per heavy atom. The first kappa shape index (κ1) is 34.6. The predicted molar refractivity (Wildman–Crippen MR) is 177 cm³/mol. The highest BCUT2D eigenvalue weighted by Crippen LogP contribution is 2.68. The molecular formula is C38H35F6N5O2. The standard InChI is InChI=1S/C38H35F6N5O2/c1-20(2)30-12-11-25(18-45-30)49-36(46-31-10-6-5-9-27(31)37(49)51)22(13-21-14-23(39)16-24(40)15-21)7-3-4-8-26(50)19-48-34-32(33(47-48)35(41)42)28-17-29(28)38(34,43)44/h5-6,9-12,14-16,18,20,22,28-29,35H,3-4,7-8,13,17,19H2,1-2H3/t22?,28-,29+/m0/s1. The van der Waals surface area contributed by atoms with Crippen molar-refractivity contribution in [1.82, 2.24) is 24.3 Å². The van der Waals surface area contributed by atoms with Crippen LogP contribution >= 0.6 is 0 Å². The highest BCUT2D eigenvalue weighted by atomic mass is 19.3. The Hall–Kier alpha value is -4.81. The quantitative estimate of drug-likeness (QED) is 0.0904. The Morgan fingerprint density at radius 2 is 1.76 bits per heavy atom. The first-order chi connectivity index (χ1) is 24.3. The number of alkyl halides is 4. The average Bonchev–Trinajstić information content (AvgIpc) is 3.74. The van der Waals surface area contributed by atoms with Crippen LogP contribution in [0.15, 0.2) is 65.6 Å². The van der Waals surface area contributed by atoms with Crippen LogP contribution in [0.25, 0.3) is 16.6 Å². The zero-order valence-electron chi connectivity index (χ0n) is 27.9. The zero-order chi connectivity index (χ0) is 36.2. The molecule has 0 bridgehead atoms. The van der Waals surface area contributed by atoms with E-state index in [1.807, 2.05) is 19.9 Å². The van der Waals surface area contributed by atoms with Gasteiger partial charge in [0.2, 0.25) is 0 Å². The van der Waals surface area contributed by atoms with E-state index in [0.29, 0.717) is 47.2 Å². The Labute approximate surface area is 289 Å². The van der Waals surface area contributed by atoms with E-state index in [4.69, 9.17) is 4.98 Å². The number of carbonyl (C=O) groups excluding carboxylic acids is 1. The van der Waals surface area contributed by atoms with Gasteiger partial charge in [0.25, 0.3) is 17.9 Å². The van der Waals surface area contributed by atoms with Gasteiger partial charge in [-0.3, -0.25) is 23.8 Å². The number of aromatic nitrogens is 5. The molecule has 0 saturated heterocycles. The number of rotatable bonds is 13. The van der Waals surface area contributed by atoms with Gasteiger partial charge in [-0.05, 0) is 79.5 Å². The maximum absolute atomic E-state index is 15.0. The molecule has 1 fully saturated rings. The SMILES string of the molecule is CC(C)c1ccc(-n2c(C(CCCCC(=O)Cn3nc(C(F)F)c4c3C(F)(F)[C@@H]3C[C@H]43)Cc3cc(F)cc(F)c3)nc3ccccc3c2=O)cn1. The van der Waals surface area contributed by atoms with E-state index < -0.39 is 65.5 Å². The van der Waals surface area contributed by atoms with Gasteiger partial charge in [0.1, 0.15) is 35.4 Å². The van der Waals surface area contributed by atoms with Crippen molar-refractivity contribution in [3.8, 4) is 5.69 Å². The number of halogens is 6. The molecule has 3 heterocycles. The fraction of sp³-hybridized carbons (Fsp3) is 0.395. The molecule has 1 unspecified atom stereocenters. The molecule has 5 aromatic rings. The van der Waals surface area contributed by atoms with Crippen LogP contribution in [0.2, 0.25) is 0 Å². The summed E-state index contributed by atoms with van der Waals surface area (Å²) < 4.78 is 88.2. The third-order valence-electron chi connectivity index (χ3n) is 9.94. The second-order valence-electron chi connectivity index (χ2n) is 13.9. The van der Waals surface area contributed by atoms with Gasteiger partial charge in [-0.15, -0.1) is 0 Å². The van der Waals surface area contributed by atoms with Crippen molar-refractivity contribution in [3.05, 3.63) is 117 Å². The van der Waals surface area contributed by atoms with Gasteiger partial charge >= 0.3 is 0 Å². The van der Waals surface area contributed by atoms with E-state index >= 15 is 0 Å². The Kier molecular flexibility index (Phi) is 9.09. The number of hydrogen-bond donors (Lipinski definition) is 0. The molecule has 3 aromatic heterocycles. The lowest BCUT2D eigenvalue weighted by Gasteiger charge is -2.22. The van der Waals surface area contributed by atoms with Crippen molar-refractivity contribution in [3.63, 3.8) is 0 Å². The molecule has 2 aliphatic rings. The van der Waals surface area contributed by atoms with Crippen molar-refractivity contribution in [1.29, 1.82) is 0 Å². The molecule has 7 rings (SSSR count). The van der Waals surface area contributed by atoms with Crippen molar-refractivity contribution < 1.29 is 31.1 Å². The molecule has 266 valence electrons. The van der Waals surface area contributed by atoms with Gasteiger partial charge in [-0.2, -0.15) is 13.9 Å². The van der Waals surface area contributed by atoms with Crippen LogP contribution in [-0.4, -0.2) is 30.1 Å². The minimum absolute atomic E-state index is 0.0447. The molecule has 0 radical (unpaired) electrons. The summed E-state index contributed by atoms with van der Waals surface area (Å²) in [6, 6.07) is 13.7. The summed E-state index contributed by atoms with van der Waals surface area (Å²) in [6.45, 7) is 3.44. The van der Waals surface area contributed by atoms with Crippen LogP contribution in [0.4, 0.5) is 26.3 Å². The van der Waals surface area contributed by atoms with Crippen molar-refractivity contribution in [2.24, 2.45) is 5.92 Å². The minimum Gasteiger partial charge on any atom is -0.298 e. The number of carbonyl (C=O) groups is 1.